The molecular weight excluding hydrogens is 313 g/mol. The zero-order valence-corrected chi connectivity index (χ0v) is 14.3. The molecule has 3 rings (SSSR count). The molecule has 2 fully saturated rings. The van der Waals surface area contributed by atoms with Crippen molar-refractivity contribution >= 4 is 5.97 Å². The van der Waals surface area contributed by atoms with Gasteiger partial charge in [0.15, 0.2) is 0 Å². The lowest BCUT2D eigenvalue weighted by Crippen LogP contribution is -2.50. The van der Waals surface area contributed by atoms with Crippen LogP contribution < -0.4 is 0 Å². The molecule has 2 bridgehead atoms. The van der Waals surface area contributed by atoms with Gasteiger partial charge >= 0.3 is 5.97 Å². The lowest BCUT2D eigenvalue weighted by atomic mass is 9.76. The maximum Gasteiger partial charge on any atom is 0.310 e. The molecule has 2 aliphatic rings. The highest BCUT2D eigenvalue weighted by Gasteiger charge is 2.54. The highest BCUT2D eigenvalue weighted by atomic mass is 19.1. The second-order valence-corrected chi connectivity index (χ2v) is 6.59. The maximum atomic E-state index is 13.3. The van der Waals surface area contributed by atoms with Crippen LogP contribution in [0.3, 0.4) is 0 Å². The molecule has 2 unspecified atom stereocenters. The van der Waals surface area contributed by atoms with Crippen molar-refractivity contribution in [1.29, 1.82) is 0 Å². The summed E-state index contributed by atoms with van der Waals surface area (Å²) in [5.41, 5.74) is 0.974. The van der Waals surface area contributed by atoms with Crippen molar-refractivity contribution in [1.82, 2.24) is 4.90 Å². The van der Waals surface area contributed by atoms with Crippen molar-refractivity contribution in [3.05, 3.63) is 35.6 Å². The van der Waals surface area contributed by atoms with Crippen LogP contribution >= 0.6 is 0 Å². The molecule has 0 amide bonds. The van der Waals surface area contributed by atoms with Gasteiger partial charge in [0.1, 0.15) is 12.6 Å². The quantitative estimate of drug-likeness (QED) is 0.609. The van der Waals surface area contributed by atoms with Crippen LogP contribution in [0.2, 0.25) is 0 Å². The summed E-state index contributed by atoms with van der Waals surface area (Å²) in [7, 11) is 5.05. The van der Waals surface area contributed by atoms with Gasteiger partial charge in [-0.15, -0.1) is 0 Å². The molecular formula is C18H24FNO4. The molecule has 1 aromatic rings. The van der Waals surface area contributed by atoms with Crippen LogP contribution in [0.15, 0.2) is 24.3 Å². The van der Waals surface area contributed by atoms with Crippen LogP contribution in [0.5, 0.6) is 0 Å². The lowest BCUT2D eigenvalue weighted by Gasteiger charge is -2.41. The Balaban J connectivity index is 1.90. The monoisotopic (exact) mass is 337 g/mol. The van der Waals surface area contributed by atoms with Crippen LogP contribution in [0.4, 0.5) is 4.39 Å². The third-order valence-electron chi connectivity index (χ3n) is 5.46. The van der Waals surface area contributed by atoms with Gasteiger partial charge in [-0.2, -0.15) is 0 Å². The van der Waals surface area contributed by atoms with Crippen molar-refractivity contribution in [2.24, 2.45) is 5.92 Å². The Bertz CT molecular complexity index is 579. The van der Waals surface area contributed by atoms with Crippen LogP contribution in [-0.4, -0.2) is 57.1 Å². The molecule has 5 atom stereocenters. The number of methoxy groups -OCH3 is 2. The molecule has 0 radical (unpaired) electrons. The summed E-state index contributed by atoms with van der Waals surface area (Å²) in [6, 6.07) is 6.69. The Morgan fingerprint density at radius 1 is 1.21 bits per heavy atom. The predicted octanol–water partition coefficient (Wildman–Crippen LogP) is 2.16. The molecule has 1 aromatic carbocycles. The minimum Gasteiger partial charge on any atom is -0.469 e. The number of rotatable bonds is 5. The second-order valence-electron chi connectivity index (χ2n) is 6.59. The van der Waals surface area contributed by atoms with Gasteiger partial charge in [-0.25, -0.2) is 4.39 Å². The van der Waals surface area contributed by atoms with E-state index in [1.54, 1.807) is 19.2 Å². The molecule has 24 heavy (non-hydrogen) atoms. The summed E-state index contributed by atoms with van der Waals surface area (Å²) >= 11 is 0. The van der Waals surface area contributed by atoms with Gasteiger partial charge in [-0.3, -0.25) is 9.69 Å². The third-order valence-corrected chi connectivity index (χ3v) is 5.46. The fraction of sp³-hybridized carbons (Fsp3) is 0.611. The zero-order chi connectivity index (χ0) is 17.3. The highest BCUT2D eigenvalue weighted by molar-refractivity contribution is 5.75. The first-order chi connectivity index (χ1) is 11.6. The lowest BCUT2D eigenvalue weighted by molar-refractivity contribution is -0.150. The number of esters is 1. The van der Waals surface area contributed by atoms with E-state index in [1.807, 2.05) is 7.05 Å². The minimum atomic E-state index is -0.280. The van der Waals surface area contributed by atoms with Gasteiger partial charge in [0.25, 0.3) is 0 Å². The SMILES string of the molecule is COCO[C@H]1CC2[C@@H](C(=O)OC)[C@@H](c3ccc(F)cc3)CC1N2C. The smallest absolute Gasteiger partial charge is 0.310 e. The number of carbonyl (C=O) groups excluding carboxylic acids is 1. The van der Waals surface area contributed by atoms with E-state index < -0.39 is 0 Å². The van der Waals surface area contributed by atoms with E-state index in [0.29, 0.717) is 0 Å². The molecule has 0 aromatic heterocycles. The van der Waals surface area contributed by atoms with Gasteiger partial charge in [0.05, 0.1) is 19.1 Å². The van der Waals surface area contributed by atoms with Gasteiger partial charge in [0, 0.05) is 25.1 Å². The predicted molar refractivity (Wildman–Crippen MR) is 86.0 cm³/mol. The van der Waals surface area contributed by atoms with Crippen molar-refractivity contribution in [3.8, 4) is 0 Å². The molecule has 6 heteroatoms. The summed E-state index contributed by atoms with van der Waals surface area (Å²) in [6.07, 6.45) is 1.56. The topological polar surface area (TPSA) is 48.0 Å². The number of hydrogen-bond donors (Lipinski definition) is 0. The molecule has 0 N–H and O–H groups in total. The van der Waals surface area contributed by atoms with E-state index in [2.05, 4.69) is 4.90 Å². The van der Waals surface area contributed by atoms with E-state index >= 15 is 0 Å². The highest BCUT2D eigenvalue weighted by Crippen LogP contribution is 2.47. The summed E-state index contributed by atoms with van der Waals surface area (Å²) in [5, 5.41) is 0. The molecule has 5 nitrogen and oxygen atoms in total. The van der Waals surface area contributed by atoms with Gasteiger partial charge < -0.3 is 14.2 Å². The molecule has 2 saturated heterocycles. The number of likely N-dealkylation sites (N-methyl/N-ethyl adjacent to an activating group) is 1. The first kappa shape index (κ1) is 17.3. The number of piperidine rings is 1. The van der Waals surface area contributed by atoms with E-state index in [-0.39, 0.29) is 48.6 Å². The molecule has 0 saturated carbocycles. The third kappa shape index (κ3) is 3.06. The van der Waals surface area contributed by atoms with Crippen LogP contribution in [0.1, 0.15) is 24.3 Å². The Kier molecular flexibility index (Phi) is 5.18. The Labute approximate surface area is 141 Å². The van der Waals surface area contributed by atoms with Crippen LogP contribution in [0.25, 0.3) is 0 Å². The number of nitrogens with zero attached hydrogens (tertiary/aromatic N) is 1. The largest absolute Gasteiger partial charge is 0.469 e. The molecule has 0 spiro atoms. The van der Waals surface area contributed by atoms with Gasteiger partial charge in [0.2, 0.25) is 0 Å². The van der Waals surface area contributed by atoms with E-state index in [4.69, 9.17) is 14.2 Å². The summed E-state index contributed by atoms with van der Waals surface area (Å²) < 4.78 is 29.2. The number of carbonyl (C=O) groups is 1. The summed E-state index contributed by atoms with van der Waals surface area (Å²) in [4.78, 5) is 14.7. The summed E-state index contributed by atoms with van der Waals surface area (Å²) in [6.45, 7) is 0.242. The number of benzene rings is 1. The molecule has 2 aliphatic heterocycles. The Hall–Kier alpha value is -1.50. The van der Waals surface area contributed by atoms with Crippen LogP contribution in [-0.2, 0) is 19.0 Å². The first-order valence-corrected chi connectivity index (χ1v) is 8.22. The summed E-state index contributed by atoms with van der Waals surface area (Å²) in [5.74, 6) is -0.768. The average Bonchev–Trinajstić information content (AvgIpc) is 2.79. The van der Waals surface area contributed by atoms with Crippen molar-refractivity contribution in [2.75, 3.05) is 28.1 Å². The number of halogens is 1. The van der Waals surface area contributed by atoms with E-state index in [9.17, 15) is 9.18 Å². The number of fused-ring (bicyclic) bond motifs is 2. The van der Waals surface area contributed by atoms with Crippen LogP contribution in [0, 0.1) is 11.7 Å². The fourth-order valence-corrected chi connectivity index (χ4v) is 4.31. The Morgan fingerprint density at radius 3 is 2.54 bits per heavy atom. The molecule has 2 heterocycles. The minimum absolute atomic E-state index is 0.000366. The van der Waals surface area contributed by atoms with Crippen molar-refractivity contribution < 1.29 is 23.4 Å². The Morgan fingerprint density at radius 2 is 1.92 bits per heavy atom. The van der Waals surface area contributed by atoms with Gasteiger partial charge in [-0.1, -0.05) is 12.1 Å². The van der Waals surface area contributed by atoms with E-state index in [1.165, 1.54) is 19.2 Å². The second kappa shape index (κ2) is 7.17. The zero-order valence-electron chi connectivity index (χ0n) is 14.3. The average molecular weight is 337 g/mol. The normalized spacial score (nSPS) is 32.8. The number of hydrogen-bond acceptors (Lipinski definition) is 5. The van der Waals surface area contributed by atoms with Gasteiger partial charge in [-0.05, 0) is 37.6 Å². The van der Waals surface area contributed by atoms with Crippen molar-refractivity contribution in [3.63, 3.8) is 0 Å². The fourth-order valence-electron chi connectivity index (χ4n) is 4.31. The van der Waals surface area contributed by atoms with Crippen molar-refractivity contribution in [2.45, 2.75) is 36.9 Å². The molecule has 132 valence electrons. The maximum absolute atomic E-state index is 13.3. The first-order valence-electron chi connectivity index (χ1n) is 8.22. The molecule has 0 aliphatic carbocycles. The standard InChI is InChI=1S/C18H24FNO4/c1-20-14-8-13(11-4-6-12(19)7-5-11)17(18(21)23-3)15(20)9-16(14)24-10-22-2/h4-7,13-17H,8-10H2,1-3H3/t13-,14?,15?,16+,17+/m1/s1. The van der Waals surface area contributed by atoms with E-state index in [0.717, 1.165) is 18.4 Å². The number of ether oxygens (including phenoxy) is 3.